The summed E-state index contributed by atoms with van der Waals surface area (Å²) >= 11 is 0. The molecule has 4 aliphatic rings. The standard InChI is InChI=1S/C34H40N8O3/c1-4-30(44)40-13-12-29(28-7-5-6-22(2)31(28)40)41-21-23-20-35-33(37-32(23)42(34(41)45)26-18-27(43)19-26)36-24-8-10-25(11-9-24)39-16-14-38(3)15-17-39/h4-11,20,26-27,29,43H,1,12-19,21H2,2-3H3,(H,35,36,37)/t26?,27?,29-/m0/s1. The smallest absolute Gasteiger partial charge is 0.326 e. The molecule has 11 nitrogen and oxygen atoms in total. The fourth-order valence-electron chi connectivity index (χ4n) is 7.04. The van der Waals surface area contributed by atoms with Gasteiger partial charge < -0.3 is 30.0 Å². The SMILES string of the molecule is C=CC(=O)N1CC[C@H](N2Cc3cnc(Nc4ccc(N5CCN(C)CC5)cc4)nc3N(C3CC(O)C3)C2=O)c2cccc(C)c21. The summed E-state index contributed by atoms with van der Waals surface area (Å²) in [4.78, 5) is 46.8. The highest BCUT2D eigenvalue weighted by Gasteiger charge is 2.45. The lowest BCUT2D eigenvalue weighted by atomic mass is 9.87. The first-order chi connectivity index (χ1) is 21.8. The number of aromatic nitrogens is 2. The zero-order chi connectivity index (χ0) is 31.2. The number of rotatable bonds is 6. The minimum Gasteiger partial charge on any atom is -0.393 e. The van der Waals surface area contributed by atoms with Gasteiger partial charge in [-0.3, -0.25) is 9.69 Å². The van der Waals surface area contributed by atoms with E-state index < -0.39 is 6.10 Å². The van der Waals surface area contributed by atoms with Crippen LogP contribution in [0.4, 0.5) is 33.6 Å². The van der Waals surface area contributed by atoms with Gasteiger partial charge in [0.1, 0.15) is 5.82 Å². The molecule has 1 aromatic heterocycles. The summed E-state index contributed by atoms with van der Waals surface area (Å²) in [6.07, 6.45) is 4.31. The molecule has 2 N–H and O–H groups in total. The molecule has 0 bridgehead atoms. The number of aryl methyl sites for hydroxylation is 1. The minimum atomic E-state index is -0.434. The van der Waals surface area contributed by atoms with Crippen molar-refractivity contribution in [1.82, 2.24) is 19.8 Å². The van der Waals surface area contributed by atoms with Gasteiger partial charge in [-0.2, -0.15) is 4.98 Å². The number of hydrogen-bond acceptors (Lipinski definition) is 8. The number of likely N-dealkylation sites (N-methyl/N-ethyl adjacent to an activating group) is 1. The van der Waals surface area contributed by atoms with E-state index in [9.17, 15) is 14.7 Å². The van der Waals surface area contributed by atoms with Gasteiger partial charge in [-0.25, -0.2) is 9.78 Å². The molecule has 45 heavy (non-hydrogen) atoms. The van der Waals surface area contributed by atoms with E-state index in [2.05, 4.69) is 45.9 Å². The van der Waals surface area contributed by atoms with E-state index in [1.807, 2.05) is 42.2 Å². The van der Waals surface area contributed by atoms with Crippen molar-refractivity contribution >= 4 is 40.8 Å². The molecule has 0 radical (unpaired) electrons. The van der Waals surface area contributed by atoms with E-state index in [1.54, 1.807) is 16.0 Å². The Bertz CT molecular complexity index is 1610. The van der Waals surface area contributed by atoms with Crippen LogP contribution in [0.2, 0.25) is 0 Å². The lowest BCUT2D eigenvalue weighted by molar-refractivity contribution is -0.114. The summed E-state index contributed by atoms with van der Waals surface area (Å²) in [6, 6.07) is 13.8. The lowest BCUT2D eigenvalue weighted by Gasteiger charge is -2.48. The van der Waals surface area contributed by atoms with Gasteiger partial charge in [0.05, 0.1) is 24.4 Å². The lowest BCUT2D eigenvalue weighted by Crippen LogP contribution is -2.58. The highest BCUT2D eigenvalue weighted by atomic mass is 16.3. The van der Waals surface area contributed by atoms with Crippen LogP contribution in [-0.2, 0) is 11.3 Å². The molecule has 3 aromatic rings. The van der Waals surface area contributed by atoms with Crippen molar-refractivity contribution in [2.24, 2.45) is 0 Å². The van der Waals surface area contributed by atoms with Crippen molar-refractivity contribution in [2.45, 2.75) is 50.9 Å². The third-order valence-electron chi connectivity index (χ3n) is 9.65. The molecule has 1 saturated carbocycles. The molecule has 4 heterocycles. The Kier molecular flexibility index (Phi) is 7.66. The fraction of sp³-hybridized carbons (Fsp3) is 0.412. The number of urea groups is 1. The van der Waals surface area contributed by atoms with Crippen molar-refractivity contribution in [2.75, 3.05) is 59.8 Å². The van der Waals surface area contributed by atoms with E-state index >= 15 is 0 Å². The maximum Gasteiger partial charge on any atom is 0.326 e. The van der Waals surface area contributed by atoms with Gasteiger partial charge in [0.25, 0.3) is 0 Å². The Hall–Kier alpha value is -4.48. The highest BCUT2D eigenvalue weighted by molar-refractivity contribution is 6.03. The summed E-state index contributed by atoms with van der Waals surface area (Å²) < 4.78 is 0. The first-order valence-electron chi connectivity index (χ1n) is 15.8. The second-order valence-corrected chi connectivity index (χ2v) is 12.6. The van der Waals surface area contributed by atoms with Gasteiger partial charge in [-0.15, -0.1) is 0 Å². The summed E-state index contributed by atoms with van der Waals surface area (Å²) in [5, 5.41) is 13.5. The van der Waals surface area contributed by atoms with Crippen molar-refractivity contribution < 1.29 is 14.7 Å². The van der Waals surface area contributed by atoms with E-state index in [0.717, 1.165) is 54.2 Å². The number of anilines is 5. The Morgan fingerprint density at radius 1 is 1.07 bits per heavy atom. The number of carbonyl (C=O) groups excluding carboxylic acids is 2. The second-order valence-electron chi connectivity index (χ2n) is 12.6. The molecule has 1 atom stereocenters. The quantitative estimate of drug-likeness (QED) is 0.401. The topological polar surface area (TPSA) is 108 Å². The van der Waals surface area contributed by atoms with Gasteiger partial charge in [0.15, 0.2) is 0 Å². The number of piperazine rings is 1. The van der Waals surface area contributed by atoms with Crippen LogP contribution in [0.1, 0.15) is 42.0 Å². The third kappa shape index (κ3) is 5.40. The first kappa shape index (κ1) is 29.2. The molecule has 234 valence electrons. The summed E-state index contributed by atoms with van der Waals surface area (Å²) in [5.74, 6) is 0.861. The zero-order valence-electron chi connectivity index (χ0n) is 25.9. The number of fused-ring (bicyclic) bond motifs is 2. The van der Waals surface area contributed by atoms with Crippen LogP contribution in [0, 0.1) is 6.92 Å². The molecule has 2 aromatic carbocycles. The number of amides is 3. The Morgan fingerprint density at radius 2 is 1.82 bits per heavy atom. The Morgan fingerprint density at radius 3 is 2.53 bits per heavy atom. The van der Waals surface area contributed by atoms with Gasteiger partial charge in [-0.05, 0) is 74.7 Å². The number of carbonyl (C=O) groups is 2. The number of aliphatic hydroxyl groups excluding tert-OH is 1. The Labute approximate surface area is 263 Å². The van der Waals surface area contributed by atoms with Gasteiger partial charge in [0, 0.05) is 61.9 Å². The van der Waals surface area contributed by atoms with E-state index in [4.69, 9.17) is 4.98 Å². The molecule has 3 aliphatic heterocycles. The van der Waals surface area contributed by atoms with Crippen molar-refractivity contribution in [3.8, 4) is 0 Å². The molecule has 1 aliphatic carbocycles. The monoisotopic (exact) mass is 608 g/mol. The summed E-state index contributed by atoms with van der Waals surface area (Å²) in [6.45, 7) is 10.6. The van der Waals surface area contributed by atoms with Crippen LogP contribution in [0.3, 0.4) is 0 Å². The fourth-order valence-corrected chi connectivity index (χ4v) is 7.04. The molecule has 3 amide bonds. The number of benzene rings is 2. The molecule has 0 spiro atoms. The predicted octanol–water partition coefficient (Wildman–Crippen LogP) is 4.21. The number of hydrogen-bond donors (Lipinski definition) is 2. The average Bonchev–Trinajstić information content (AvgIpc) is 3.03. The highest BCUT2D eigenvalue weighted by Crippen LogP contribution is 2.44. The van der Waals surface area contributed by atoms with Gasteiger partial charge >= 0.3 is 6.03 Å². The maximum atomic E-state index is 14.4. The van der Waals surface area contributed by atoms with E-state index in [-0.39, 0.29) is 24.0 Å². The van der Waals surface area contributed by atoms with Crippen LogP contribution >= 0.6 is 0 Å². The first-order valence-corrected chi connectivity index (χ1v) is 15.8. The van der Waals surface area contributed by atoms with Crippen molar-refractivity contribution in [1.29, 1.82) is 0 Å². The van der Waals surface area contributed by atoms with Gasteiger partial charge in [-0.1, -0.05) is 24.8 Å². The number of aliphatic hydroxyl groups is 1. The molecule has 0 unspecified atom stereocenters. The van der Waals surface area contributed by atoms with Crippen molar-refractivity contribution in [3.63, 3.8) is 0 Å². The Balaban J connectivity index is 1.16. The third-order valence-corrected chi connectivity index (χ3v) is 9.65. The largest absolute Gasteiger partial charge is 0.393 e. The van der Waals surface area contributed by atoms with Crippen LogP contribution in [0.25, 0.3) is 0 Å². The number of para-hydroxylation sites is 1. The molecule has 11 heteroatoms. The predicted molar refractivity (Wildman–Crippen MR) is 175 cm³/mol. The van der Waals surface area contributed by atoms with Gasteiger partial charge in [0.2, 0.25) is 11.9 Å². The summed E-state index contributed by atoms with van der Waals surface area (Å²) in [5.41, 5.74) is 5.68. The minimum absolute atomic E-state index is 0.137. The number of nitrogens with one attached hydrogen (secondary N) is 1. The normalized spacial score (nSPS) is 23.3. The molecular formula is C34H40N8O3. The van der Waals surface area contributed by atoms with E-state index in [0.29, 0.717) is 44.1 Å². The summed E-state index contributed by atoms with van der Waals surface area (Å²) in [7, 11) is 2.15. The number of nitrogens with zero attached hydrogens (tertiary/aromatic N) is 7. The van der Waals surface area contributed by atoms with Crippen LogP contribution in [-0.4, -0.2) is 88.7 Å². The maximum absolute atomic E-state index is 14.4. The second kappa shape index (κ2) is 11.8. The van der Waals surface area contributed by atoms with Crippen LogP contribution in [0.15, 0.2) is 61.3 Å². The average molecular weight is 609 g/mol. The van der Waals surface area contributed by atoms with Crippen LogP contribution in [0.5, 0.6) is 0 Å². The molecular weight excluding hydrogens is 568 g/mol. The van der Waals surface area contributed by atoms with Crippen molar-refractivity contribution in [3.05, 3.63) is 78.0 Å². The molecule has 1 saturated heterocycles. The zero-order valence-corrected chi connectivity index (χ0v) is 25.9. The molecule has 7 rings (SSSR count). The van der Waals surface area contributed by atoms with E-state index in [1.165, 1.54) is 11.8 Å². The molecule has 2 fully saturated rings. The van der Waals surface area contributed by atoms with Crippen LogP contribution < -0.4 is 20.0 Å².